The van der Waals surface area contributed by atoms with Gasteiger partial charge in [0.15, 0.2) is 5.13 Å². The van der Waals surface area contributed by atoms with Crippen molar-refractivity contribution in [1.82, 2.24) is 9.97 Å². The van der Waals surface area contributed by atoms with Gasteiger partial charge in [-0.3, -0.25) is 15.1 Å². The van der Waals surface area contributed by atoms with Gasteiger partial charge in [0, 0.05) is 23.3 Å². The number of aryl methyl sites for hydroxylation is 1. The largest absolute Gasteiger partial charge is 0.508 e. The maximum absolute atomic E-state index is 12.0. The van der Waals surface area contributed by atoms with E-state index in [9.17, 15) is 9.90 Å². The van der Waals surface area contributed by atoms with Crippen LogP contribution < -0.4 is 5.32 Å². The maximum Gasteiger partial charge on any atom is 0.259 e. The number of carbonyl (C=O) groups is 1. The summed E-state index contributed by atoms with van der Waals surface area (Å²) >= 11 is 1.35. The highest BCUT2D eigenvalue weighted by atomic mass is 32.1. The van der Waals surface area contributed by atoms with Gasteiger partial charge in [-0.05, 0) is 42.8 Å². The number of hydrogen-bond donors (Lipinski definition) is 2. The molecule has 0 aliphatic heterocycles. The molecule has 6 heteroatoms. The highest BCUT2D eigenvalue weighted by molar-refractivity contribution is 7.14. The Morgan fingerprint density at radius 3 is 2.91 bits per heavy atom. The van der Waals surface area contributed by atoms with Crippen molar-refractivity contribution in [2.45, 2.75) is 6.92 Å². The molecule has 110 valence electrons. The van der Waals surface area contributed by atoms with Crippen molar-refractivity contribution < 1.29 is 9.90 Å². The van der Waals surface area contributed by atoms with Gasteiger partial charge >= 0.3 is 0 Å². The number of hydrogen-bond acceptors (Lipinski definition) is 5. The number of nitrogens with one attached hydrogen (secondary N) is 1. The van der Waals surface area contributed by atoms with E-state index in [1.165, 1.54) is 17.5 Å². The first kappa shape index (κ1) is 14.2. The zero-order valence-corrected chi connectivity index (χ0v) is 12.6. The molecule has 0 atom stereocenters. The molecule has 2 heterocycles. The van der Waals surface area contributed by atoms with Crippen LogP contribution in [0.5, 0.6) is 5.75 Å². The number of benzene rings is 1. The summed E-state index contributed by atoms with van der Waals surface area (Å²) in [4.78, 5) is 20.4. The molecule has 0 fully saturated rings. The molecular weight excluding hydrogens is 298 g/mol. The molecule has 1 amide bonds. The summed E-state index contributed by atoms with van der Waals surface area (Å²) in [5, 5.41) is 14.7. The third-order valence-electron chi connectivity index (χ3n) is 3.14. The second kappa shape index (κ2) is 5.95. The summed E-state index contributed by atoms with van der Waals surface area (Å²) in [5.41, 5.74) is 2.93. The molecule has 0 spiro atoms. The number of nitrogens with zero attached hydrogens (tertiary/aromatic N) is 2. The lowest BCUT2D eigenvalue weighted by atomic mass is 10.1. The summed E-state index contributed by atoms with van der Waals surface area (Å²) in [6.45, 7) is 1.83. The van der Waals surface area contributed by atoms with Crippen molar-refractivity contribution in [3.05, 3.63) is 59.2 Å². The zero-order chi connectivity index (χ0) is 15.5. The van der Waals surface area contributed by atoms with Crippen molar-refractivity contribution in [2.24, 2.45) is 0 Å². The van der Waals surface area contributed by atoms with Gasteiger partial charge in [0.05, 0.1) is 11.3 Å². The van der Waals surface area contributed by atoms with Crippen molar-refractivity contribution in [1.29, 1.82) is 0 Å². The Bertz CT molecular complexity index is 815. The quantitative estimate of drug-likeness (QED) is 0.776. The molecule has 0 radical (unpaired) electrons. The molecule has 2 aromatic heterocycles. The van der Waals surface area contributed by atoms with E-state index < -0.39 is 0 Å². The van der Waals surface area contributed by atoms with E-state index in [2.05, 4.69) is 15.3 Å². The van der Waals surface area contributed by atoms with E-state index >= 15 is 0 Å². The van der Waals surface area contributed by atoms with Crippen LogP contribution in [0.2, 0.25) is 0 Å². The molecule has 22 heavy (non-hydrogen) atoms. The van der Waals surface area contributed by atoms with Crippen LogP contribution in [-0.2, 0) is 0 Å². The number of amides is 1. The molecular formula is C16H13N3O2S. The van der Waals surface area contributed by atoms with Gasteiger partial charge in [-0.2, -0.15) is 0 Å². The van der Waals surface area contributed by atoms with E-state index in [-0.39, 0.29) is 11.7 Å². The second-order valence-electron chi connectivity index (χ2n) is 4.73. The van der Waals surface area contributed by atoms with Gasteiger partial charge in [0.2, 0.25) is 0 Å². The van der Waals surface area contributed by atoms with Gasteiger partial charge in [-0.25, -0.2) is 4.98 Å². The molecule has 1 aromatic carbocycles. The summed E-state index contributed by atoms with van der Waals surface area (Å²) < 4.78 is 0. The molecule has 2 N–H and O–H groups in total. The summed E-state index contributed by atoms with van der Waals surface area (Å²) in [7, 11) is 0. The molecule has 0 aliphatic carbocycles. The Kier molecular flexibility index (Phi) is 3.84. The van der Waals surface area contributed by atoms with Crippen molar-refractivity contribution in [2.75, 3.05) is 5.32 Å². The van der Waals surface area contributed by atoms with Gasteiger partial charge < -0.3 is 5.11 Å². The zero-order valence-electron chi connectivity index (χ0n) is 11.8. The van der Waals surface area contributed by atoms with Crippen LogP contribution in [0.15, 0.2) is 48.1 Å². The Hall–Kier alpha value is -2.73. The number of rotatable bonds is 3. The van der Waals surface area contributed by atoms with E-state index in [4.69, 9.17) is 0 Å². The van der Waals surface area contributed by atoms with Crippen molar-refractivity contribution in [3.8, 4) is 17.0 Å². The standard InChI is InChI=1S/C16H13N3O2S/c1-10-7-11(4-5-14(10)20)13-9-22-16(18-13)19-15(21)12-3-2-6-17-8-12/h2-9,20H,1H3,(H,18,19,21). The van der Waals surface area contributed by atoms with Crippen LogP contribution in [0.3, 0.4) is 0 Å². The molecule has 0 aliphatic rings. The minimum Gasteiger partial charge on any atom is -0.508 e. The van der Waals surface area contributed by atoms with Crippen molar-refractivity contribution in [3.63, 3.8) is 0 Å². The van der Waals surface area contributed by atoms with Gasteiger partial charge in [0.1, 0.15) is 5.75 Å². The third kappa shape index (κ3) is 2.96. The highest BCUT2D eigenvalue weighted by Crippen LogP contribution is 2.28. The molecule has 0 saturated carbocycles. The van der Waals surface area contributed by atoms with Gasteiger partial charge in [-0.15, -0.1) is 11.3 Å². The number of aromatic hydroxyl groups is 1. The predicted molar refractivity (Wildman–Crippen MR) is 86.1 cm³/mol. The molecule has 0 unspecified atom stereocenters. The monoisotopic (exact) mass is 311 g/mol. The summed E-state index contributed by atoms with van der Waals surface area (Å²) in [5.74, 6) is 0.0139. The Morgan fingerprint density at radius 1 is 1.32 bits per heavy atom. The fraction of sp³-hybridized carbons (Fsp3) is 0.0625. The molecule has 0 bridgehead atoms. The number of aromatic nitrogens is 2. The normalized spacial score (nSPS) is 10.4. The molecule has 3 aromatic rings. The minimum absolute atomic E-state index is 0.240. The van der Waals surface area contributed by atoms with Gasteiger partial charge in [0.25, 0.3) is 5.91 Å². The first-order valence-electron chi connectivity index (χ1n) is 6.60. The number of thiazole rings is 1. The predicted octanol–water partition coefficient (Wildman–Crippen LogP) is 3.47. The lowest BCUT2D eigenvalue weighted by molar-refractivity contribution is 0.102. The minimum atomic E-state index is -0.240. The maximum atomic E-state index is 12.0. The summed E-state index contributed by atoms with van der Waals surface area (Å²) in [6, 6.07) is 8.70. The van der Waals surface area contributed by atoms with Crippen LogP contribution >= 0.6 is 11.3 Å². The fourth-order valence-electron chi connectivity index (χ4n) is 1.94. The smallest absolute Gasteiger partial charge is 0.259 e. The van der Waals surface area contributed by atoms with Crippen LogP contribution in [0, 0.1) is 6.92 Å². The number of pyridine rings is 1. The average molecular weight is 311 g/mol. The topological polar surface area (TPSA) is 75.1 Å². The number of anilines is 1. The Balaban J connectivity index is 1.79. The van der Waals surface area contributed by atoms with Crippen LogP contribution in [0.1, 0.15) is 15.9 Å². The first-order chi connectivity index (χ1) is 10.6. The average Bonchev–Trinajstić information content (AvgIpc) is 2.99. The number of phenols is 1. The van der Waals surface area contributed by atoms with E-state index in [1.54, 1.807) is 30.5 Å². The third-order valence-corrected chi connectivity index (χ3v) is 3.90. The number of carbonyl (C=O) groups excluding carboxylic acids is 1. The SMILES string of the molecule is Cc1cc(-c2csc(NC(=O)c3cccnc3)n2)ccc1O. The van der Waals surface area contributed by atoms with Crippen LogP contribution in [-0.4, -0.2) is 21.0 Å². The first-order valence-corrected chi connectivity index (χ1v) is 7.48. The van der Waals surface area contributed by atoms with Crippen LogP contribution in [0.4, 0.5) is 5.13 Å². The molecule has 0 saturated heterocycles. The van der Waals surface area contributed by atoms with Crippen molar-refractivity contribution >= 4 is 22.4 Å². The van der Waals surface area contributed by atoms with E-state index in [0.717, 1.165) is 16.8 Å². The number of phenolic OH excluding ortho intramolecular Hbond substituents is 1. The molecule has 5 nitrogen and oxygen atoms in total. The Morgan fingerprint density at radius 2 is 2.18 bits per heavy atom. The molecule has 3 rings (SSSR count). The highest BCUT2D eigenvalue weighted by Gasteiger charge is 2.10. The lowest BCUT2D eigenvalue weighted by Gasteiger charge is -2.02. The van der Waals surface area contributed by atoms with Gasteiger partial charge in [-0.1, -0.05) is 0 Å². The van der Waals surface area contributed by atoms with E-state index in [1.807, 2.05) is 18.4 Å². The fourth-order valence-corrected chi connectivity index (χ4v) is 2.66. The summed E-state index contributed by atoms with van der Waals surface area (Å²) in [6.07, 6.45) is 3.12. The van der Waals surface area contributed by atoms with E-state index in [0.29, 0.717) is 10.7 Å². The van der Waals surface area contributed by atoms with Crippen LogP contribution in [0.25, 0.3) is 11.3 Å². The Labute approximate surface area is 131 Å². The second-order valence-corrected chi connectivity index (χ2v) is 5.59. The lowest BCUT2D eigenvalue weighted by Crippen LogP contribution is -2.11.